The fraction of sp³-hybridized carbons (Fsp3) is 0.667. The van der Waals surface area contributed by atoms with E-state index in [1.54, 1.807) is 7.11 Å². The summed E-state index contributed by atoms with van der Waals surface area (Å²) in [5.41, 5.74) is 1.30. The Labute approximate surface area is 130 Å². The van der Waals surface area contributed by atoms with E-state index < -0.39 is 0 Å². The molecule has 3 heteroatoms. The van der Waals surface area contributed by atoms with Crippen molar-refractivity contribution in [3.8, 4) is 5.75 Å². The molecule has 2 unspecified atom stereocenters. The van der Waals surface area contributed by atoms with Crippen LogP contribution in [0, 0.1) is 5.92 Å². The Balaban J connectivity index is 2.83. The van der Waals surface area contributed by atoms with Gasteiger partial charge in [-0.15, -0.1) is 0 Å². The van der Waals surface area contributed by atoms with Crippen LogP contribution in [-0.2, 0) is 0 Å². The minimum absolute atomic E-state index is 0.339. The van der Waals surface area contributed by atoms with Gasteiger partial charge in [0.25, 0.3) is 0 Å². The third kappa shape index (κ3) is 5.68. The van der Waals surface area contributed by atoms with Crippen molar-refractivity contribution >= 4 is 0 Å². The zero-order chi connectivity index (χ0) is 15.8. The van der Waals surface area contributed by atoms with E-state index >= 15 is 0 Å². The van der Waals surface area contributed by atoms with Crippen LogP contribution in [0.1, 0.15) is 45.7 Å². The highest BCUT2D eigenvalue weighted by Crippen LogP contribution is 2.21. The molecule has 1 rings (SSSR count). The lowest BCUT2D eigenvalue weighted by atomic mass is 10.0. The molecule has 0 bridgehead atoms. The molecule has 0 spiro atoms. The van der Waals surface area contributed by atoms with Gasteiger partial charge in [-0.25, -0.2) is 0 Å². The van der Waals surface area contributed by atoms with Gasteiger partial charge >= 0.3 is 0 Å². The predicted molar refractivity (Wildman–Crippen MR) is 91.0 cm³/mol. The maximum Gasteiger partial charge on any atom is 0.119 e. The molecular formula is C18H32N2O. The zero-order valence-electron chi connectivity index (χ0n) is 14.5. The summed E-state index contributed by atoms with van der Waals surface area (Å²) in [5.74, 6) is 1.59. The number of likely N-dealkylation sites (N-methyl/N-ethyl adjacent to an activating group) is 1. The summed E-state index contributed by atoms with van der Waals surface area (Å²) < 4.78 is 5.36. The second-order valence-corrected chi connectivity index (χ2v) is 6.21. The van der Waals surface area contributed by atoms with Crippen LogP contribution in [0.5, 0.6) is 5.75 Å². The third-order valence-electron chi connectivity index (χ3n) is 4.27. The Morgan fingerprint density at radius 3 is 2.52 bits per heavy atom. The lowest BCUT2D eigenvalue weighted by Gasteiger charge is -2.32. The van der Waals surface area contributed by atoms with E-state index in [4.69, 9.17) is 4.74 Å². The van der Waals surface area contributed by atoms with Crippen LogP contribution in [0.15, 0.2) is 24.3 Å². The molecular weight excluding hydrogens is 260 g/mol. The van der Waals surface area contributed by atoms with Crippen molar-refractivity contribution in [2.75, 3.05) is 27.2 Å². The van der Waals surface area contributed by atoms with E-state index in [-0.39, 0.29) is 0 Å². The molecule has 1 aromatic carbocycles. The number of methoxy groups -OCH3 is 1. The van der Waals surface area contributed by atoms with Crippen molar-refractivity contribution in [3.63, 3.8) is 0 Å². The van der Waals surface area contributed by atoms with Gasteiger partial charge in [-0.3, -0.25) is 0 Å². The molecule has 0 heterocycles. The van der Waals surface area contributed by atoms with E-state index in [2.05, 4.69) is 63.2 Å². The van der Waals surface area contributed by atoms with Crippen LogP contribution in [-0.4, -0.2) is 38.2 Å². The molecule has 2 atom stereocenters. The molecule has 3 nitrogen and oxygen atoms in total. The Morgan fingerprint density at radius 2 is 1.95 bits per heavy atom. The van der Waals surface area contributed by atoms with Gasteiger partial charge in [0.2, 0.25) is 0 Å². The largest absolute Gasteiger partial charge is 0.497 e. The van der Waals surface area contributed by atoms with Crippen molar-refractivity contribution < 1.29 is 4.74 Å². The molecule has 1 aromatic rings. The number of nitrogens with zero attached hydrogens (tertiary/aromatic N) is 1. The van der Waals surface area contributed by atoms with E-state index in [9.17, 15) is 0 Å². The van der Waals surface area contributed by atoms with Crippen LogP contribution in [0.25, 0.3) is 0 Å². The maximum atomic E-state index is 5.36. The molecule has 120 valence electrons. The monoisotopic (exact) mass is 292 g/mol. The first kappa shape index (κ1) is 18.0. The molecule has 0 fully saturated rings. The first-order valence-electron chi connectivity index (χ1n) is 8.07. The summed E-state index contributed by atoms with van der Waals surface area (Å²) in [6.45, 7) is 11.1. The zero-order valence-corrected chi connectivity index (χ0v) is 14.5. The molecule has 0 aliphatic heterocycles. The summed E-state index contributed by atoms with van der Waals surface area (Å²) >= 11 is 0. The summed E-state index contributed by atoms with van der Waals surface area (Å²) in [5, 5.41) is 3.66. The van der Waals surface area contributed by atoms with Gasteiger partial charge in [-0.05, 0) is 50.6 Å². The van der Waals surface area contributed by atoms with E-state index in [0.717, 1.165) is 25.3 Å². The van der Waals surface area contributed by atoms with Crippen molar-refractivity contribution in [2.45, 2.75) is 46.2 Å². The van der Waals surface area contributed by atoms with Crippen LogP contribution < -0.4 is 10.1 Å². The molecule has 0 aliphatic rings. The van der Waals surface area contributed by atoms with Gasteiger partial charge < -0.3 is 15.0 Å². The lowest BCUT2D eigenvalue weighted by Crippen LogP contribution is -2.40. The average molecular weight is 292 g/mol. The van der Waals surface area contributed by atoms with Crippen molar-refractivity contribution in [3.05, 3.63) is 29.8 Å². The highest BCUT2D eigenvalue weighted by atomic mass is 16.5. The fourth-order valence-corrected chi connectivity index (χ4v) is 2.43. The lowest BCUT2D eigenvalue weighted by molar-refractivity contribution is 0.188. The predicted octanol–water partition coefficient (Wildman–Crippen LogP) is 3.71. The summed E-state index contributed by atoms with van der Waals surface area (Å²) in [4.78, 5) is 2.44. The van der Waals surface area contributed by atoms with E-state index in [1.807, 2.05) is 6.07 Å². The van der Waals surface area contributed by atoms with E-state index in [0.29, 0.717) is 18.0 Å². The molecule has 1 N–H and O–H groups in total. The highest BCUT2D eigenvalue weighted by Gasteiger charge is 2.19. The molecule has 0 saturated heterocycles. The number of rotatable bonds is 9. The van der Waals surface area contributed by atoms with Crippen LogP contribution in [0.3, 0.4) is 0 Å². The summed E-state index contributed by atoms with van der Waals surface area (Å²) in [7, 11) is 3.94. The Bertz CT molecular complexity index is 406. The van der Waals surface area contributed by atoms with Gasteiger partial charge in [0.15, 0.2) is 0 Å². The standard InChI is InChI=1S/C18H32N2O/c1-7-11-19-18(13-20(5)15(4)14(2)3)16-9-8-10-17(12-16)21-6/h8-10,12,14-15,18-19H,7,11,13H2,1-6H3. The second kappa shape index (κ2) is 9.06. The Morgan fingerprint density at radius 1 is 1.24 bits per heavy atom. The first-order chi connectivity index (χ1) is 9.99. The van der Waals surface area contributed by atoms with Gasteiger partial charge in [0, 0.05) is 18.6 Å². The topological polar surface area (TPSA) is 24.5 Å². The highest BCUT2D eigenvalue weighted by molar-refractivity contribution is 5.30. The number of nitrogens with one attached hydrogen (secondary N) is 1. The molecule has 0 radical (unpaired) electrons. The minimum Gasteiger partial charge on any atom is -0.497 e. The first-order valence-corrected chi connectivity index (χ1v) is 8.07. The van der Waals surface area contributed by atoms with Crippen LogP contribution in [0.4, 0.5) is 0 Å². The van der Waals surface area contributed by atoms with Gasteiger partial charge in [-0.1, -0.05) is 32.9 Å². The normalized spacial score (nSPS) is 14.5. The average Bonchev–Trinajstić information content (AvgIpc) is 2.50. The molecule has 21 heavy (non-hydrogen) atoms. The Kier molecular flexibility index (Phi) is 7.76. The van der Waals surface area contributed by atoms with Crippen molar-refractivity contribution in [1.29, 1.82) is 0 Å². The molecule has 0 amide bonds. The quantitative estimate of drug-likeness (QED) is 0.751. The Hall–Kier alpha value is -1.06. The van der Waals surface area contributed by atoms with Gasteiger partial charge in [0.05, 0.1) is 7.11 Å². The summed E-state index contributed by atoms with van der Waals surface area (Å²) in [6, 6.07) is 9.31. The van der Waals surface area contributed by atoms with Crippen molar-refractivity contribution in [2.24, 2.45) is 5.92 Å². The summed E-state index contributed by atoms with van der Waals surface area (Å²) in [6.07, 6.45) is 1.14. The molecule has 0 aromatic heterocycles. The number of hydrogen-bond donors (Lipinski definition) is 1. The minimum atomic E-state index is 0.339. The van der Waals surface area contributed by atoms with Gasteiger partial charge in [-0.2, -0.15) is 0 Å². The van der Waals surface area contributed by atoms with Crippen LogP contribution in [0.2, 0.25) is 0 Å². The third-order valence-corrected chi connectivity index (χ3v) is 4.27. The van der Waals surface area contributed by atoms with E-state index in [1.165, 1.54) is 5.56 Å². The molecule has 0 saturated carbocycles. The van der Waals surface area contributed by atoms with Crippen molar-refractivity contribution in [1.82, 2.24) is 10.2 Å². The van der Waals surface area contributed by atoms with Gasteiger partial charge in [0.1, 0.15) is 5.75 Å². The molecule has 0 aliphatic carbocycles. The number of hydrogen-bond acceptors (Lipinski definition) is 3. The fourth-order valence-electron chi connectivity index (χ4n) is 2.43. The maximum absolute atomic E-state index is 5.36. The number of ether oxygens (including phenoxy) is 1. The van der Waals surface area contributed by atoms with Crippen LogP contribution >= 0.6 is 0 Å². The smallest absolute Gasteiger partial charge is 0.119 e. The number of benzene rings is 1. The SMILES string of the molecule is CCCNC(CN(C)C(C)C(C)C)c1cccc(OC)c1. The second-order valence-electron chi connectivity index (χ2n) is 6.21.